The molecule has 1 heterocycles. The van der Waals surface area contributed by atoms with Gasteiger partial charge in [0.15, 0.2) is 0 Å². The maximum absolute atomic E-state index is 11.9. The van der Waals surface area contributed by atoms with Gasteiger partial charge >= 0.3 is 5.97 Å². The van der Waals surface area contributed by atoms with Crippen LogP contribution in [0.5, 0.6) is 0 Å². The normalized spacial score (nSPS) is 32.9. The van der Waals surface area contributed by atoms with Crippen molar-refractivity contribution in [2.24, 2.45) is 5.92 Å². The van der Waals surface area contributed by atoms with Crippen molar-refractivity contribution in [1.29, 1.82) is 0 Å². The van der Waals surface area contributed by atoms with E-state index in [9.17, 15) is 9.59 Å². The fourth-order valence-corrected chi connectivity index (χ4v) is 3.48. The van der Waals surface area contributed by atoms with Gasteiger partial charge in [-0.25, -0.2) is 0 Å². The Morgan fingerprint density at radius 3 is 2.95 bits per heavy atom. The molecule has 0 spiro atoms. The lowest BCUT2D eigenvalue weighted by molar-refractivity contribution is -0.144. The highest BCUT2D eigenvalue weighted by molar-refractivity contribution is 5.86. The predicted octanol–water partition coefficient (Wildman–Crippen LogP) is 1.23. The van der Waals surface area contributed by atoms with Gasteiger partial charge in [0.2, 0.25) is 5.91 Å². The standard InChI is InChI=1S/C14H24N2O3/c1-2-10-4-3-5-11(8-10)16-7-6-15-14(19)12(16)9-13(17)18/h10-12H,2-9H2,1H3,(H,15,19)(H,17,18). The minimum absolute atomic E-state index is 0.0842. The monoisotopic (exact) mass is 268 g/mol. The molecule has 0 aromatic carbocycles. The van der Waals surface area contributed by atoms with Gasteiger partial charge in [-0.15, -0.1) is 0 Å². The van der Waals surface area contributed by atoms with E-state index in [1.165, 1.54) is 19.3 Å². The number of amides is 1. The van der Waals surface area contributed by atoms with Crippen LogP contribution in [-0.2, 0) is 9.59 Å². The number of rotatable bonds is 4. The fourth-order valence-electron chi connectivity index (χ4n) is 3.48. The second-order valence-corrected chi connectivity index (χ2v) is 5.74. The lowest BCUT2D eigenvalue weighted by Gasteiger charge is -2.43. The topological polar surface area (TPSA) is 69.6 Å². The molecular weight excluding hydrogens is 244 g/mol. The third-order valence-electron chi connectivity index (χ3n) is 4.54. The first-order chi connectivity index (χ1) is 9.11. The molecule has 0 radical (unpaired) electrons. The van der Waals surface area contributed by atoms with Crippen LogP contribution in [-0.4, -0.2) is 47.1 Å². The van der Waals surface area contributed by atoms with Crippen LogP contribution in [0.1, 0.15) is 45.4 Å². The molecule has 19 heavy (non-hydrogen) atoms. The van der Waals surface area contributed by atoms with Crippen molar-refractivity contribution in [2.45, 2.75) is 57.5 Å². The van der Waals surface area contributed by atoms with Crippen LogP contribution >= 0.6 is 0 Å². The molecule has 5 heteroatoms. The van der Waals surface area contributed by atoms with Gasteiger partial charge in [0.25, 0.3) is 0 Å². The summed E-state index contributed by atoms with van der Waals surface area (Å²) in [5.74, 6) is -0.281. The number of carboxylic acid groups (broad SMARTS) is 1. The summed E-state index contributed by atoms with van der Waals surface area (Å²) in [6, 6.07) is -0.0963. The number of piperazine rings is 1. The number of carboxylic acids is 1. The molecule has 0 aromatic heterocycles. The number of nitrogens with zero attached hydrogens (tertiary/aromatic N) is 1. The molecule has 5 nitrogen and oxygen atoms in total. The summed E-state index contributed by atoms with van der Waals surface area (Å²) in [6.07, 6.45) is 5.77. The van der Waals surface area contributed by atoms with Gasteiger partial charge < -0.3 is 10.4 Å². The van der Waals surface area contributed by atoms with E-state index >= 15 is 0 Å². The molecule has 3 unspecified atom stereocenters. The van der Waals surface area contributed by atoms with Crippen molar-refractivity contribution in [1.82, 2.24) is 10.2 Å². The first-order valence-corrected chi connectivity index (χ1v) is 7.37. The smallest absolute Gasteiger partial charge is 0.305 e. The van der Waals surface area contributed by atoms with Gasteiger partial charge in [-0.1, -0.05) is 26.2 Å². The Kier molecular flexibility index (Phi) is 4.80. The Morgan fingerprint density at radius 2 is 2.26 bits per heavy atom. The van der Waals surface area contributed by atoms with E-state index in [4.69, 9.17) is 5.11 Å². The minimum Gasteiger partial charge on any atom is -0.481 e. The van der Waals surface area contributed by atoms with E-state index in [1.807, 2.05) is 0 Å². The minimum atomic E-state index is -0.894. The van der Waals surface area contributed by atoms with Crippen molar-refractivity contribution in [2.75, 3.05) is 13.1 Å². The third kappa shape index (κ3) is 3.47. The number of hydrogen-bond acceptors (Lipinski definition) is 3. The molecule has 2 rings (SSSR count). The Bertz CT molecular complexity index is 346. The molecule has 0 bridgehead atoms. The summed E-state index contributed by atoms with van der Waals surface area (Å²) >= 11 is 0. The Balaban J connectivity index is 2.06. The van der Waals surface area contributed by atoms with Gasteiger partial charge in [-0.3, -0.25) is 14.5 Å². The second kappa shape index (κ2) is 6.37. The molecule has 1 saturated heterocycles. The van der Waals surface area contributed by atoms with Crippen molar-refractivity contribution in [3.63, 3.8) is 0 Å². The van der Waals surface area contributed by atoms with Gasteiger partial charge in [0.05, 0.1) is 12.5 Å². The van der Waals surface area contributed by atoms with Crippen LogP contribution in [0.2, 0.25) is 0 Å². The van der Waals surface area contributed by atoms with Crippen molar-refractivity contribution < 1.29 is 14.7 Å². The van der Waals surface area contributed by atoms with Crippen molar-refractivity contribution in [3.8, 4) is 0 Å². The largest absolute Gasteiger partial charge is 0.481 e. The number of aliphatic carboxylic acids is 1. The Labute approximate surface area is 114 Å². The van der Waals surface area contributed by atoms with E-state index in [-0.39, 0.29) is 12.3 Å². The number of carbonyl (C=O) groups excluding carboxylic acids is 1. The molecule has 1 saturated carbocycles. The molecule has 108 valence electrons. The maximum atomic E-state index is 11.9. The number of hydrogen-bond donors (Lipinski definition) is 2. The van der Waals surface area contributed by atoms with Crippen LogP contribution in [0.25, 0.3) is 0 Å². The van der Waals surface area contributed by atoms with Gasteiger partial charge in [0, 0.05) is 19.1 Å². The van der Waals surface area contributed by atoms with E-state index in [0.717, 1.165) is 25.3 Å². The average Bonchev–Trinajstić information content (AvgIpc) is 2.40. The zero-order valence-electron chi connectivity index (χ0n) is 11.6. The summed E-state index contributed by atoms with van der Waals surface area (Å²) in [7, 11) is 0. The van der Waals surface area contributed by atoms with Crippen molar-refractivity contribution >= 4 is 11.9 Å². The van der Waals surface area contributed by atoms with Crippen LogP contribution in [0.3, 0.4) is 0 Å². The molecular formula is C14H24N2O3. The van der Waals surface area contributed by atoms with E-state index < -0.39 is 12.0 Å². The van der Waals surface area contributed by atoms with E-state index in [2.05, 4.69) is 17.1 Å². The van der Waals surface area contributed by atoms with Gasteiger partial charge in [0.1, 0.15) is 0 Å². The molecule has 2 fully saturated rings. The molecule has 1 amide bonds. The van der Waals surface area contributed by atoms with Gasteiger partial charge in [-0.2, -0.15) is 0 Å². The summed E-state index contributed by atoms with van der Waals surface area (Å²) in [4.78, 5) is 25.0. The summed E-state index contributed by atoms with van der Waals surface area (Å²) in [5, 5.41) is 11.8. The fraction of sp³-hybridized carbons (Fsp3) is 0.857. The zero-order valence-corrected chi connectivity index (χ0v) is 11.6. The molecule has 1 aliphatic heterocycles. The highest BCUT2D eigenvalue weighted by Crippen LogP contribution is 2.31. The average molecular weight is 268 g/mol. The summed E-state index contributed by atoms with van der Waals surface area (Å²) < 4.78 is 0. The lowest BCUT2D eigenvalue weighted by Crippen LogP contribution is -2.59. The van der Waals surface area contributed by atoms with E-state index in [0.29, 0.717) is 12.6 Å². The quantitative estimate of drug-likeness (QED) is 0.804. The molecule has 3 atom stereocenters. The predicted molar refractivity (Wildman–Crippen MR) is 71.8 cm³/mol. The zero-order chi connectivity index (χ0) is 13.8. The number of nitrogens with one attached hydrogen (secondary N) is 1. The lowest BCUT2D eigenvalue weighted by atomic mass is 9.82. The molecule has 0 aromatic rings. The van der Waals surface area contributed by atoms with Crippen LogP contribution in [0, 0.1) is 5.92 Å². The van der Waals surface area contributed by atoms with Crippen LogP contribution in [0.4, 0.5) is 0 Å². The SMILES string of the molecule is CCC1CCCC(N2CCNC(=O)C2CC(=O)O)C1. The maximum Gasteiger partial charge on any atom is 0.305 e. The highest BCUT2D eigenvalue weighted by Gasteiger charge is 2.37. The molecule has 1 aliphatic carbocycles. The second-order valence-electron chi connectivity index (χ2n) is 5.74. The Morgan fingerprint density at radius 1 is 1.47 bits per heavy atom. The summed E-state index contributed by atoms with van der Waals surface area (Å²) in [5.41, 5.74) is 0. The van der Waals surface area contributed by atoms with E-state index in [1.54, 1.807) is 0 Å². The first kappa shape index (κ1) is 14.3. The molecule has 2 aliphatic rings. The highest BCUT2D eigenvalue weighted by atomic mass is 16.4. The third-order valence-corrected chi connectivity index (χ3v) is 4.54. The number of carbonyl (C=O) groups is 2. The van der Waals surface area contributed by atoms with Crippen LogP contribution < -0.4 is 5.32 Å². The Hall–Kier alpha value is -1.10. The molecule has 2 N–H and O–H groups in total. The van der Waals surface area contributed by atoms with Crippen molar-refractivity contribution in [3.05, 3.63) is 0 Å². The van der Waals surface area contributed by atoms with Gasteiger partial charge in [-0.05, 0) is 18.8 Å². The summed E-state index contributed by atoms with van der Waals surface area (Å²) in [6.45, 7) is 3.64. The first-order valence-electron chi connectivity index (χ1n) is 7.37. The van der Waals surface area contributed by atoms with Crippen LogP contribution in [0.15, 0.2) is 0 Å².